The summed E-state index contributed by atoms with van der Waals surface area (Å²) in [6.45, 7) is 2.05. The third-order valence-corrected chi connectivity index (χ3v) is 2.23. The van der Waals surface area contributed by atoms with Crippen LogP contribution in [0.1, 0.15) is 12.5 Å². The van der Waals surface area contributed by atoms with Crippen molar-refractivity contribution in [2.45, 2.75) is 19.5 Å². The lowest BCUT2D eigenvalue weighted by molar-refractivity contribution is 0.220. The molecule has 1 rings (SSSR count). The molecule has 0 radical (unpaired) electrons. The predicted octanol–water partition coefficient (Wildman–Crippen LogP) is 1.52. The van der Waals surface area contributed by atoms with E-state index in [0.29, 0.717) is 11.6 Å². The maximum Gasteiger partial charge on any atom is 0.315 e. The van der Waals surface area contributed by atoms with Crippen LogP contribution >= 0.6 is 11.6 Å². The van der Waals surface area contributed by atoms with Crippen LogP contribution in [0.2, 0.25) is 5.02 Å². The Bertz CT molecular complexity index is 358. The number of hydrogen-bond acceptors (Lipinski definition) is 2. The third kappa shape index (κ3) is 4.51. The van der Waals surface area contributed by atoms with Gasteiger partial charge in [0.1, 0.15) is 0 Å². The van der Waals surface area contributed by atoms with E-state index in [1.165, 1.54) is 0 Å². The Morgan fingerprint density at radius 3 is 2.94 bits per heavy atom. The number of amides is 2. The van der Waals surface area contributed by atoms with Gasteiger partial charge in [-0.1, -0.05) is 23.7 Å². The van der Waals surface area contributed by atoms with E-state index in [-0.39, 0.29) is 18.7 Å². The molecule has 0 aliphatic rings. The SMILES string of the molecule is CC(CO)NC(=O)NCc1cccc(Cl)c1. The summed E-state index contributed by atoms with van der Waals surface area (Å²) in [5.74, 6) is 0. The van der Waals surface area contributed by atoms with Gasteiger partial charge in [0.05, 0.1) is 12.6 Å². The minimum Gasteiger partial charge on any atom is -0.394 e. The Balaban J connectivity index is 2.37. The lowest BCUT2D eigenvalue weighted by Crippen LogP contribution is -2.41. The molecule has 1 atom stereocenters. The summed E-state index contributed by atoms with van der Waals surface area (Å²) in [6.07, 6.45) is 0. The Morgan fingerprint density at radius 2 is 2.31 bits per heavy atom. The van der Waals surface area contributed by atoms with E-state index >= 15 is 0 Å². The van der Waals surface area contributed by atoms with Gasteiger partial charge in [-0.05, 0) is 24.6 Å². The van der Waals surface area contributed by atoms with Crippen LogP contribution in [0.5, 0.6) is 0 Å². The first kappa shape index (κ1) is 12.8. The van der Waals surface area contributed by atoms with Crippen LogP contribution in [0.25, 0.3) is 0 Å². The molecule has 0 fully saturated rings. The summed E-state index contributed by atoms with van der Waals surface area (Å²) in [6, 6.07) is 6.71. The molecule has 4 nitrogen and oxygen atoms in total. The summed E-state index contributed by atoms with van der Waals surface area (Å²) in [5, 5.41) is 14.6. The van der Waals surface area contributed by atoms with Crippen LogP contribution in [0.3, 0.4) is 0 Å². The Morgan fingerprint density at radius 1 is 1.56 bits per heavy atom. The first-order valence-electron chi connectivity index (χ1n) is 5.01. The molecule has 0 aromatic heterocycles. The largest absolute Gasteiger partial charge is 0.394 e. The smallest absolute Gasteiger partial charge is 0.315 e. The van der Waals surface area contributed by atoms with Crippen LogP contribution in [-0.4, -0.2) is 23.8 Å². The summed E-state index contributed by atoms with van der Waals surface area (Å²) < 4.78 is 0. The van der Waals surface area contributed by atoms with Crippen molar-refractivity contribution in [3.8, 4) is 0 Å². The van der Waals surface area contributed by atoms with E-state index in [9.17, 15) is 4.79 Å². The van der Waals surface area contributed by atoms with Crippen LogP contribution in [0.15, 0.2) is 24.3 Å². The van der Waals surface area contributed by atoms with Gasteiger partial charge < -0.3 is 15.7 Å². The Kier molecular flexibility index (Phi) is 5.08. The van der Waals surface area contributed by atoms with Crippen LogP contribution in [0, 0.1) is 0 Å². The van der Waals surface area contributed by atoms with Crippen molar-refractivity contribution in [3.05, 3.63) is 34.9 Å². The molecule has 0 saturated carbocycles. The molecule has 0 heterocycles. The molecule has 1 aromatic rings. The molecule has 0 aliphatic heterocycles. The number of carbonyl (C=O) groups is 1. The fourth-order valence-corrected chi connectivity index (χ4v) is 1.36. The summed E-state index contributed by atoms with van der Waals surface area (Å²) >= 11 is 5.81. The van der Waals surface area contributed by atoms with Crippen LogP contribution in [-0.2, 0) is 6.54 Å². The van der Waals surface area contributed by atoms with Crippen molar-refractivity contribution in [3.63, 3.8) is 0 Å². The highest BCUT2D eigenvalue weighted by atomic mass is 35.5. The van der Waals surface area contributed by atoms with Gasteiger partial charge >= 0.3 is 6.03 Å². The van der Waals surface area contributed by atoms with Gasteiger partial charge in [0, 0.05) is 11.6 Å². The zero-order valence-electron chi connectivity index (χ0n) is 9.03. The summed E-state index contributed by atoms with van der Waals surface area (Å²) in [4.78, 5) is 11.3. The Labute approximate surface area is 99.6 Å². The fourth-order valence-electron chi connectivity index (χ4n) is 1.15. The number of aliphatic hydroxyl groups excluding tert-OH is 1. The van der Waals surface area contributed by atoms with E-state index in [4.69, 9.17) is 16.7 Å². The highest BCUT2D eigenvalue weighted by Gasteiger charge is 2.04. The standard InChI is InChI=1S/C11H15ClN2O2/c1-8(7-15)14-11(16)13-6-9-3-2-4-10(12)5-9/h2-5,8,15H,6-7H2,1H3,(H2,13,14,16). The average Bonchev–Trinajstić information content (AvgIpc) is 2.26. The first-order chi connectivity index (χ1) is 7.61. The zero-order chi connectivity index (χ0) is 12.0. The van der Waals surface area contributed by atoms with Gasteiger partial charge in [0.25, 0.3) is 0 Å². The van der Waals surface area contributed by atoms with Crippen LogP contribution < -0.4 is 10.6 Å². The minimum atomic E-state index is -0.304. The minimum absolute atomic E-state index is 0.0788. The molecule has 0 spiro atoms. The number of nitrogens with one attached hydrogen (secondary N) is 2. The van der Waals surface area contributed by atoms with Crippen molar-refractivity contribution in [2.75, 3.05) is 6.61 Å². The second-order valence-corrected chi connectivity index (χ2v) is 3.98. The number of carbonyl (C=O) groups excluding carboxylic acids is 1. The predicted molar refractivity (Wildman–Crippen MR) is 63.4 cm³/mol. The van der Waals surface area contributed by atoms with Gasteiger partial charge in [0.15, 0.2) is 0 Å². The molecule has 3 N–H and O–H groups in total. The van der Waals surface area contributed by atoms with E-state index in [0.717, 1.165) is 5.56 Å². The fraction of sp³-hybridized carbons (Fsp3) is 0.364. The van der Waals surface area contributed by atoms with Crippen molar-refractivity contribution >= 4 is 17.6 Å². The van der Waals surface area contributed by atoms with Crippen molar-refractivity contribution in [1.29, 1.82) is 0 Å². The van der Waals surface area contributed by atoms with E-state index in [1.54, 1.807) is 19.1 Å². The van der Waals surface area contributed by atoms with Gasteiger partial charge in [0.2, 0.25) is 0 Å². The molecule has 5 heteroatoms. The summed E-state index contributed by atoms with van der Waals surface area (Å²) in [5.41, 5.74) is 0.930. The maximum atomic E-state index is 11.3. The topological polar surface area (TPSA) is 61.4 Å². The molecule has 0 bridgehead atoms. The molecule has 1 unspecified atom stereocenters. The van der Waals surface area contributed by atoms with Crippen molar-refractivity contribution < 1.29 is 9.90 Å². The molecule has 2 amide bonds. The lowest BCUT2D eigenvalue weighted by atomic mass is 10.2. The normalized spacial score (nSPS) is 11.9. The monoisotopic (exact) mass is 242 g/mol. The van der Waals surface area contributed by atoms with E-state index in [2.05, 4.69) is 10.6 Å². The third-order valence-electron chi connectivity index (χ3n) is 1.99. The zero-order valence-corrected chi connectivity index (χ0v) is 9.79. The van der Waals surface area contributed by atoms with Gasteiger partial charge in [-0.2, -0.15) is 0 Å². The number of aliphatic hydroxyl groups is 1. The number of hydrogen-bond donors (Lipinski definition) is 3. The molecular weight excluding hydrogens is 228 g/mol. The van der Waals surface area contributed by atoms with E-state index < -0.39 is 0 Å². The second kappa shape index (κ2) is 6.35. The molecule has 1 aromatic carbocycles. The van der Waals surface area contributed by atoms with Crippen molar-refractivity contribution in [2.24, 2.45) is 0 Å². The first-order valence-corrected chi connectivity index (χ1v) is 5.39. The van der Waals surface area contributed by atoms with Crippen molar-refractivity contribution in [1.82, 2.24) is 10.6 Å². The average molecular weight is 243 g/mol. The van der Waals surface area contributed by atoms with Gasteiger partial charge in [-0.3, -0.25) is 0 Å². The number of halogens is 1. The number of urea groups is 1. The number of rotatable bonds is 4. The lowest BCUT2D eigenvalue weighted by Gasteiger charge is -2.11. The second-order valence-electron chi connectivity index (χ2n) is 3.54. The highest BCUT2D eigenvalue weighted by molar-refractivity contribution is 6.30. The quantitative estimate of drug-likeness (QED) is 0.750. The molecule has 16 heavy (non-hydrogen) atoms. The highest BCUT2D eigenvalue weighted by Crippen LogP contribution is 2.09. The molecule has 88 valence electrons. The van der Waals surface area contributed by atoms with E-state index in [1.807, 2.05) is 12.1 Å². The van der Waals surface area contributed by atoms with Gasteiger partial charge in [-0.15, -0.1) is 0 Å². The molecule has 0 aliphatic carbocycles. The van der Waals surface area contributed by atoms with Crippen LogP contribution in [0.4, 0.5) is 4.79 Å². The van der Waals surface area contributed by atoms with Gasteiger partial charge in [-0.25, -0.2) is 4.79 Å². The molecule has 0 saturated heterocycles. The molecular formula is C11H15ClN2O2. The maximum absolute atomic E-state index is 11.3. The summed E-state index contributed by atoms with van der Waals surface area (Å²) in [7, 11) is 0. The number of benzene rings is 1. The Hall–Kier alpha value is -1.26.